The van der Waals surface area contributed by atoms with E-state index in [-0.39, 0.29) is 0 Å². The van der Waals surface area contributed by atoms with Crippen molar-refractivity contribution in [2.75, 3.05) is 0 Å². The van der Waals surface area contributed by atoms with Crippen LogP contribution < -0.4 is 0 Å². The smallest absolute Gasteiger partial charge is 0.339 e. The summed E-state index contributed by atoms with van der Waals surface area (Å²) in [6, 6.07) is 12.6. The van der Waals surface area contributed by atoms with Crippen LogP contribution in [0, 0.1) is 0 Å². The average Bonchev–Trinajstić information content (AvgIpc) is 2.99. The third-order valence-corrected chi connectivity index (χ3v) is 3.99. The summed E-state index contributed by atoms with van der Waals surface area (Å²) in [5.74, 6) is -1.39. The fourth-order valence-corrected chi connectivity index (χ4v) is 2.77. The number of carboxylic acids is 1. The molecule has 0 bridgehead atoms. The maximum atomic E-state index is 12.1. The molecule has 2 aromatic carbocycles. The van der Waals surface area contributed by atoms with E-state index in [9.17, 15) is 13.6 Å². The summed E-state index contributed by atoms with van der Waals surface area (Å²) in [4.78, 5) is 10.4. The minimum atomic E-state index is -2.85. The number of alkyl halides is 2. The van der Waals surface area contributed by atoms with Crippen molar-refractivity contribution in [3.8, 4) is 11.1 Å². The van der Waals surface area contributed by atoms with Crippen LogP contribution in [-0.2, 0) is 7.05 Å². The van der Waals surface area contributed by atoms with Crippen LogP contribution in [0.4, 0.5) is 14.5 Å². The minimum Gasteiger partial charge on any atom is -0.698 e. The molecule has 0 radical (unpaired) electrons. The van der Waals surface area contributed by atoms with Crippen LogP contribution in [0.25, 0.3) is 16.9 Å². The zero-order chi connectivity index (χ0) is 20.1. The first-order valence-electron chi connectivity index (χ1n) is 7.51. The second kappa shape index (κ2) is 8.83. The summed E-state index contributed by atoms with van der Waals surface area (Å²) in [7, 11) is 1.39. The lowest BCUT2D eigenvalue weighted by molar-refractivity contribution is 0.0684. The van der Waals surface area contributed by atoms with Gasteiger partial charge in [0.15, 0.2) is 0 Å². The highest BCUT2D eigenvalue weighted by Crippen LogP contribution is 2.35. The first-order valence-corrected chi connectivity index (χ1v) is 8.27. The Morgan fingerprint density at radius 2 is 1.85 bits per heavy atom. The molecule has 1 aromatic heterocycles. The third-order valence-electron chi connectivity index (χ3n) is 3.44. The second-order valence-electron chi connectivity index (χ2n) is 5.38. The molecule has 142 valence electrons. The number of benzene rings is 2. The number of carbonyl (C=O) groups is 1. The molecular weight excluding hydrogens is 399 g/mol. The van der Waals surface area contributed by atoms with Crippen LogP contribution in [0.5, 0.6) is 0 Å². The summed E-state index contributed by atoms with van der Waals surface area (Å²) in [5.41, 5.74) is 8.74. The summed E-state index contributed by atoms with van der Waals surface area (Å²) >= 11 is 11.9. The van der Waals surface area contributed by atoms with Crippen molar-refractivity contribution >= 4 is 34.9 Å². The first-order chi connectivity index (χ1) is 12.7. The van der Waals surface area contributed by atoms with Gasteiger partial charge in [0.25, 0.3) is 6.43 Å². The lowest BCUT2D eigenvalue weighted by Crippen LogP contribution is -1.99. The molecule has 1 heterocycles. The van der Waals surface area contributed by atoms with Crippen LogP contribution in [0.3, 0.4) is 0 Å². The van der Waals surface area contributed by atoms with Gasteiger partial charge in [-0.2, -0.15) is 5.10 Å². The highest BCUT2D eigenvalue weighted by molar-refractivity contribution is 6.36. The monoisotopic (exact) mass is 412 g/mol. The van der Waals surface area contributed by atoms with Gasteiger partial charge in [0.1, 0.15) is 11.3 Å². The van der Waals surface area contributed by atoms with Gasteiger partial charge in [0, 0.05) is 23.3 Å². The fourth-order valence-electron chi connectivity index (χ4n) is 2.26. The number of rotatable bonds is 3. The zero-order valence-corrected chi connectivity index (χ0v) is 15.5. The molecule has 27 heavy (non-hydrogen) atoms. The van der Waals surface area contributed by atoms with Crippen molar-refractivity contribution in [3.05, 3.63) is 75.7 Å². The molecule has 0 saturated heterocycles. The van der Waals surface area contributed by atoms with E-state index >= 15 is 0 Å². The molecule has 0 unspecified atom stereocenters. The van der Waals surface area contributed by atoms with Crippen molar-refractivity contribution in [2.24, 2.45) is 7.05 Å². The van der Waals surface area contributed by atoms with Crippen LogP contribution in [0.2, 0.25) is 10.0 Å². The summed E-state index contributed by atoms with van der Waals surface area (Å²) < 4.78 is 25.2. The number of aryl methyl sites for hydroxylation is 1. The Hall–Kier alpha value is -2.64. The van der Waals surface area contributed by atoms with Gasteiger partial charge >= 0.3 is 5.97 Å². The summed E-state index contributed by atoms with van der Waals surface area (Å²) in [6.07, 6.45) is -1.80. The van der Waals surface area contributed by atoms with Crippen molar-refractivity contribution in [2.45, 2.75) is 6.43 Å². The molecule has 9 heteroatoms. The topological polar surface area (TPSA) is 78.9 Å². The van der Waals surface area contributed by atoms with Crippen molar-refractivity contribution in [3.63, 3.8) is 0 Å². The molecule has 0 saturated carbocycles. The van der Waals surface area contributed by atoms with E-state index in [4.69, 9.17) is 34.0 Å². The number of aromatic carboxylic acids is 1. The normalized spacial score (nSPS) is 10.4. The van der Waals surface area contributed by atoms with Crippen LogP contribution in [0.15, 0.2) is 48.7 Å². The Labute approximate surface area is 163 Å². The molecule has 0 spiro atoms. The Balaban J connectivity index is 0.000000199. The minimum absolute atomic E-state index is 0.451. The fraction of sp³-hybridized carbons (Fsp3) is 0.111. The van der Waals surface area contributed by atoms with Crippen LogP contribution in [0.1, 0.15) is 22.5 Å². The van der Waals surface area contributed by atoms with Crippen molar-refractivity contribution in [1.82, 2.24) is 9.78 Å². The van der Waals surface area contributed by atoms with Gasteiger partial charge in [-0.1, -0.05) is 53.5 Å². The zero-order valence-electron chi connectivity index (χ0n) is 14.0. The van der Waals surface area contributed by atoms with E-state index in [1.54, 1.807) is 18.2 Å². The number of aromatic nitrogens is 2. The molecule has 0 aliphatic carbocycles. The molecule has 0 fully saturated rings. The van der Waals surface area contributed by atoms with Gasteiger partial charge in [-0.3, -0.25) is 4.68 Å². The molecule has 2 N–H and O–H groups in total. The van der Waals surface area contributed by atoms with Gasteiger partial charge in [0.2, 0.25) is 0 Å². The SMILES string of the molecule is Cn1cc(C(=O)O)c(C(F)F)n1.[NH-]c1ccccc1-c1ccc(Cl)cc1Cl. The van der Waals surface area contributed by atoms with E-state index < -0.39 is 23.7 Å². The Bertz CT molecular complexity index is 962. The highest BCUT2D eigenvalue weighted by Gasteiger charge is 2.21. The number of nitrogens with zero attached hydrogens (tertiary/aromatic N) is 2. The lowest BCUT2D eigenvalue weighted by Gasteiger charge is -2.13. The first kappa shape index (κ1) is 20.7. The lowest BCUT2D eigenvalue weighted by atomic mass is 10.0. The van der Waals surface area contributed by atoms with E-state index in [1.165, 1.54) is 7.05 Å². The quantitative estimate of drug-likeness (QED) is 0.540. The van der Waals surface area contributed by atoms with Gasteiger partial charge in [0.05, 0.1) is 0 Å². The van der Waals surface area contributed by atoms with Gasteiger partial charge in [-0.25, -0.2) is 13.6 Å². The standard InChI is InChI=1S/C12H8Cl2N.C6H6F2N2O2/c13-8-5-6-9(11(14)7-8)10-3-1-2-4-12(10)15;1-10-2-3(6(11)12)4(9-10)5(7)8/h1-7,15H;2,5H,1H3,(H,11,12)/q-1;. The van der Waals surface area contributed by atoms with Crippen molar-refractivity contribution < 1.29 is 18.7 Å². The maximum Gasteiger partial charge on any atom is 0.339 e. The number of hydrogen-bond acceptors (Lipinski definition) is 2. The third kappa shape index (κ3) is 5.18. The molecular formula is C18H14Cl2F2N3O2-. The van der Waals surface area contributed by atoms with Gasteiger partial charge in [-0.05, 0) is 23.3 Å². The predicted octanol–water partition coefficient (Wildman–Crippen LogP) is 6.40. The van der Waals surface area contributed by atoms with E-state index in [2.05, 4.69) is 5.10 Å². The van der Waals surface area contributed by atoms with E-state index in [0.717, 1.165) is 22.0 Å². The summed E-state index contributed by atoms with van der Waals surface area (Å²) in [5, 5.41) is 12.9. The Morgan fingerprint density at radius 3 is 2.37 bits per heavy atom. The Kier molecular flexibility index (Phi) is 6.76. The maximum absolute atomic E-state index is 12.1. The number of nitrogens with one attached hydrogen (secondary N) is 1. The van der Waals surface area contributed by atoms with Gasteiger partial charge in [-0.15, -0.1) is 5.69 Å². The van der Waals surface area contributed by atoms with Crippen molar-refractivity contribution in [1.29, 1.82) is 0 Å². The molecule has 3 aromatic rings. The molecule has 0 amide bonds. The average molecular weight is 413 g/mol. The number of carboxylic acid groups (broad SMARTS) is 1. The molecule has 0 aliphatic heterocycles. The predicted molar refractivity (Wildman–Crippen MR) is 101 cm³/mol. The van der Waals surface area contributed by atoms with Gasteiger partial charge < -0.3 is 10.8 Å². The highest BCUT2D eigenvalue weighted by atomic mass is 35.5. The number of hydrogen-bond donors (Lipinski definition) is 1. The molecule has 0 atom stereocenters. The van der Waals surface area contributed by atoms with Crippen LogP contribution >= 0.6 is 23.2 Å². The van der Waals surface area contributed by atoms with Crippen LogP contribution in [-0.4, -0.2) is 20.9 Å². The molecule has 0 aliphatic rings. The number of halogens is 4. The Morgan fingerprint density at radius 1 is 1.19 bits per heavy atom. The molecule has 3 rings (SSSR count). The molecule has 5 nitrogen and oxygen atoms in total. The second-order valence-corrected chi connectivity index (χ2v) is 6.22. The van der Waals surface area contributed by atoms with E-state index in [0.29, 0.717) is 15.7 Å². The van der Waals surface area contributed by atoms with E-state index in [1.807, 2.05) is 24.3 Å². The largest absolute Gasteiger partial charge is 0.698 e. The summed E-state index contributed by atoms with van der Waals surface area (Å²) in [6.45, 7) is 0.